The van der Waals surface area contributed by atoms with Crippen LogP contribution in [0.25, 0.3) is 11.8 Å². The van der Waals surface area contributed by atoms with Gasteiger partial charge in [-0.2, -0.15) is 0 Å². The van der Waals surface area contributed by atoms with Gasteiger partial charge in [-0.25, -0.2) is 0 Å². The highest BCUT2D eigenvalue weighted by molar-refractivity contribution is 6.43. The first-order valence-electron chi connectivity index (χ1n) is 5.97. The third kappa shape index (κ3) is 2.71. The Labute approximate surface area is 122 Å². The third-order valence-corrected chi connectivity index (χ3v) is 3.85. The third-order valence-electron chi connectivity index (χ3n) is 3.05. The Morgan fingerprint density at radius 2 is 2.00 bits per heavy atom. The molecular formula is C15H15Cl2NO. The quantitative estimate of drug-likeness (QED) is 0.892. The summed E-state index contributed by atoms with van der Waals surface area (Å²) in [6, 6.07) is 7.65. The van der Waals surface area contributed by atoms with E-state index in [1.54, 1.807) is 12.1 Å². The molecule has 1 heterocycles. The second-order valence-electron chi connectivity index (χ2n) is 4.32. The Hall–Kier alpha value is -1.22. The van der Waals surface area contributed by atoms with Crippen LogP contribution in [0.5, 0.6) is 0 Å². The molecule has 100 valence electrons. The van der Waals surface area contributed by atoms with Gasteiger partial charge in [0.1, 0.15) is 0 Å². The Morgan fingerprint density at radius 3 is 2.68 bits per heavy atom. The second-order valence-corrected chi connectivity index (χ2v) is 5.10. The molecule has 0 aliphatic heterocycles. The molecule has 0 atom stereocenters. The lowest BCUT2D eigenvalue weighted by Gasteiger charge is -2.12. The Kier molecular flexibility index (Phi) is 4.35. The first kappa shape index (κ1) is 14.2. The van der Waals surface area contributed by atoms with E-state index in [1.807, 2.05) is 32.1 Å². The lowest BCUT2D eigenvalue weighted by molar-refractivity contribution is 0.343. The van der Waals surface area contributed by atoms with E-state index in [4.69, 9.17) is 28.3 Å². The molecule has 0 unspecified atom stereocenters. The van der Waals surface area contributed by atoms with E-state index in [0.717, 1.165) is 22.6 Å². The number of benzene rings is 1. The van der Waals surface area contributed by atoms with Gasteiger partial charge in [0.15, 0.2) is 0 Å². The molecule has 0 bridgehead atoms. The fraction of sp³-hybridized carbons (Fsp3) is 0.200. The molecule has 1 aromatic heterocycles. The molecular weight excluding hydrogens is 281 g/mol. The number of hydrogen-bond acceptors (Lipinski definition) is 1. The van der Waals surface area contributed by atoms with E-state index in [9.17, 15) is 0 Å². The van der Waals surface area contributed by atoms with Crippen LogP contribution in [-0.4, -0.2) is 16.3 Å². The minimum absolute atomic E-state index is 0.0294. The number of aliphatic hydroxyl groups excluding tert-OH is 1. The molecule has 0 spiro atoms. The second kappa shape index (κ2) is 5.83. The monoisotopic (exact) mass is 295 g/mol. The molecule has 19 heavy (non-hydrogen) atoms. The number of nitrogens with zero attached hydrogens (tertiary/aromatic N) is 1. The minimum Gasteiger partial charge on any atom is -0.392 e. The molecule has 0 saturated carbocycles. The van der Waals surface area contributed by atoms with Crippen molar-refractivity contribution in [2.24, 2.45) is 0 Å². The maximum atomic E-state index is 8.86. The number of aromatic nitrogens is 1. The standard InChI is InChI=1S/C15H15Cl2NO/c1-10-9-12(5-4-8-19)11(2)18(10)14-7-3-6-13(16)15(14)17/h3-7,9,19H,8H2,1-2H3. The summed E-state index contributed by atoms with van der Waals surface area (Å²) in [5.74, 6) is 0. The molecule has 1 N–H and O–H groups in total. The summed E-state index contributed by atoms with van der Waals surface area (Å²) in [4.78, 5) is 0. The van der Waals surface area contributed by atoms with Crippen LogP contribution in [0.1, 0.15) is 17.0 Å². The van der Waals surface area contributed by atoms with Crippen molar-refractivity contribution >= 4 is 29.3 Å². The van der Waals surface area contributed by atoms with Gasteiger partial charge in [-0.15, -0.1) is 0 Å². The molecule has 0 aliphatic rings. The van der Waals surface area contributed by atoms with Crippen molar-refractivity contribution in [2.75, 3.05) is 6.61 Å². The SMILES string of the molecule is Cc1cc(C=CCO)c(C)n1-c1cccc(Cl)c1Cl. The number of aryl methyl sites for hydroxylation is 1. The summed E-state index contributed by atoms with van der Waals surface area (Å²) < 4.78 is 2.06. The van der Waals surface area contributed by atoms with E-state index in [0.29, 0.717) is 10.0 Å². The zero-order chi connectivity index (χ0) is 14.0. The van der Waals surface area contributed by atoms with Crippen molar-refractivity contribution in [3.63, 3.8) is 0 Å². The summed E-state index contributed by atoms with van der Waals surface area (Å²) in [7, 11) is 0. The molecule has 2 rings (SSSR count). The predicted molar refractivity (Wildman–Crippen MR) is 81.4 cm³/mol. The molecule has 0 radical (unpaired) electrons. The van der Waals surface area contributed by atoms with Gasteiger partial charge in [-0.1, -0.05) is 41.4 Å². The normalized spacial score (nSPS) is 11.4. The molecule has 2 nitrogen and oxygen atoms in total. The van der Waals surface area contributed by atoms with Crippen LogP contribution in [0.2, 0.25) is 10.0 Å². The highest BCUT2D eigenvalue weighted by Crippen LogP contribution is 2.31. The number of halogens is 2. The molecule has 0 saturated heterocycles. The van der Waals surface area contributed by atoms with Crippen molar-refractivity contribution in [3.05, 3.63) is 57.3 Å². The van der Waals surface area contributed by atoms with Gasteiger partial charge in [0.05, 0.1) is 22.3 Å². The van der Waals surface area contributed by atoms with Gasteiger partial charge in [-0.3, -0.25) is 0 Å². The van der Waals surface area contributed by atoms with Crippen LogP contribution in [0.3, 0.4) is 0 Å². The lowest BCUT2D eigenvalue weighted by Crippen LogP contribution is -2.00. The van der Waals surface area contributed by atoms with Crippen molar-refractivity contribution in [3.8, 4) is 5.69 Å². The number of aliphatic hydroxyl groups is 1. The zero-order valence-electron chi connectivity index (χ0n) is 10.8. The average molecular weight is 296 g/mol. The summed E-state index contributed by atoms with van der Waals surface area (Å²) in [5, 5.41) is 9.95. The van der Waals surface area contributed by atoms with Crippen LogP contribution in [0.15, 0.2) is 30.3 Å². The first-order chi connectivity index (χ1) is 9.06. The van der Waals surface area contributed by atoms with Gasteiger partial charge in [0.25, 0.3) is 0 Å². The average Bonchev–Trinajstić information content (AvgIpc) is 2.66. The number of rotatable bonds is 3. The molecule has 4 heteroatoms. The first-order valence-corrected chi connectivity index (χ1v) is 6.72. The smallest absolute Gasteiger partial charge is 0.0832 e. The van der Waals surface area contributed by atoms with Crippen LogP contribution < -0.4 is 0 Å². The van der Waals surface area contributed by atoms with Gasteiger partial charge in [0.2, 0.25) is 0 Å². The topological polar surface area (TPSA) is 25.2 Å². The van der Waals surface area contributed by atoms with Crippen LogP contribution >= 0.6 is 23.2 Å². The largest absolute Gasteiger partial charge is 0.392 e. The van der Waals surface area contributed by atoms with E-state index in [2.05, 4.69) is 10.6 Å². The number of hydrogen-bond donors (Lipinski definition) is 1. The fourth-order valence-corrected chi connectivity index (χ4v) is 2.55. The maximum Gasteiger partial charge on any atom is 0.0832 e. The zero-order valence-corrected chi connectivity index (χ0v) is 12.3. The van der Waals surface area contributed by atoms with Gasteiger partial charge < -0.3 is 9.67 Å². The van der Waals surface area contributed by atoms with E-state index < -0.39 is 0 Å². The van der Waals surface area contributed by atoms with E-state index in [-0.39, 0.29) is 6.61 Å². The Bertz CT molecular complexity index is 629. The maximum absolute atomic E-state index is 8.86. The Balaban J connectivity index is 2.60. The van der Waals surface area contributed by atoms with E-state index >= 15 is 0 Å². The van der Waals surface area contributed by atoms with E-state index in [1.165, 1.54) is 0 Å². The van der Waals surface area contributed by atoms with Crippen molar-refractivity contribution < 1.29 is 5.11 Å². The van der Waals surface area contributed by atoms with Crippen LogP contribution in [-0.2, 0) is 0 Å². The highest BCUT2D eigenvalue weighted by Gasteiger charge is 2.12. The van der Waals surface area contributed by atoms with Crippen molar-refractivity contribution in [2.45, 2.75) is 13.8 Å². The summed E-state index contributed by atoms with van der Waals surface area (Å²) in [5.41, 5.74) is 4.06. The fourth-order valence-electron chi connectivity index (χ4n) is 2.17. The predicted octanol–water partition coefficient (Wildman–Crippen LogP) is 4.41. The molecule has 0 amide bonds. The van der Waals surface area contributed by atoms with Gasteiger partial charge in [-0.05, 0) is 37.6 Å². The summed E-state index contributed by atoms with van der Waals surface area (Å²) >= 11 is 12.3. The molecule has 2 aromatic rings. The highest BCUT2D eigenvalue weighted by atomic mass is 35.5. The van der Waals surface area contributed by atoms with Crippen molar-refractivity contribution in [1.82, 2.24) is 4.57 Å². The summed E-state index contributed by atoms with van der Waals surface area (Å²) in [6.45, 7) is 4.06. The molecule has 0 aliphatic carbocycles. The van der Waals surface area contributed by atoms with Gasteiger partial charge >= 0.3 is 0 Å². The molecule has 0 fully saturated rings. The lowest BCUT2D eigenvalue weighted by atomic mass is 10.2. The summed E-state index contributed by atoms with van der Waals surface area (Å²) in [6.07, 6.45) is 3.61. The van der Waals surface area contributed by atoms with Crippen LogP contribution in [0, 0.1) is 13.8 Å². The van der Waals surface area contributed by atoms with Gasteiger partial charge in [0, 0.05) is 11.4 Å². The Morgan fingerprint density at radius 1 is 1.26 bits per heavy atom. The molecule has 1 aromatic carbocycles. The van der Waals surface area contributed by atoms with Crippen molar-refractivity contribution in [1.29, 1.82) is 0 Å². The van der Waals surface area contributed by atoms with Crippen LogP contribution in [0.4, 0.5) is 0 Å². The minimum atomic E-state index is 0.0294.